The summed E-state index contributed by atoms with van der Waals surface area (Å²) in [4.78, 5) is 15.1. The molecule has 1 aliphatic carbocycles. The molecule has 26 heavy (non-hydrogen) atoms. The number of methoxy groups -OCH3 is 2. The second-order valence-electron chi connectivity index (χ2n) is 7.35. The number of rotatable bonds is 5. The maximum atomic E-state index is 12.9. The van der Waals surface area contributed by atoms with Gasteiger partial charge in [-0.1, -0.05) is 12.1 Å². The molecule has 1 amide bonds. The number of benzene rings is 1. The highest BCUT2D eigenvalue weighted by Gasteiger charge is 2.52. The van der Waals surface area contributed by atoms with Gasteiger partial charge in [0.2, 0.25) is 5.91 Å². The van der Waals surface area contributed by atoms with E-state index in [0.717, 1.165) is 31.2 Å². The lowest BCUT2D eigenvalue weighted by molar-refractivity contribution is -0.140. The molecular formula is C19H27NO5S. The molecule has 0 bridgehead atoms. The molecule has 0 aromatic heterocycles. The molecule has 3 rings (SSSR count). The van der Waals surface area contributed by atoms with Crippen molar-refractivity contribution in [3.8, 4) is 0 Å². The average molecular weight is 381 g/mol. The largest absolute Gasteiger partial charge is 0.381 e. The van der Waals surface area contributed by atoms with Crippen LogP contribution < -0.4 is 0 Å². The SMILES string of the molecule is CO[C@@H]1CC[C@@]2(OC)CCN(C(=O)Cc3ccc(S(C)(=O)=O)cc3)[C@H]2C1. The normalized spacial score (nSPS) is 28.8. The number of nitrogens with zero attached hydrogens (tertiary/aromatic N) is 1. The lowest BCUT2D eigenvalue weighted by Gasteiger charge is -2.43. The van der Waals surface area contributed by atoms with Gasteiger partial charge < -0.3 is 14.4 Å². The van der Waals surface area contributed by atoms with Crippen molar-refractivity contribution in [1.82, 2.24) is 4.90 Å². The van der Waals surface area contributed by atoms with E-state index in [2.05, 4.69) is 0 Å². The van der Waals surface area contributed by atoms with Gasteiger partial charge in [-0.3, -0.25) is 4.79 Å². The van der Waals surface area contributed by atoms with Crippen molar-refractivity contribution in [2.45, 2.75) is 54.7 Å². The molecule has 144 valence electrons. The first-order valence-corrected chi connectivity index (χ1v) is 10.8. The summed E-state index contributed by atoms with van der Waals surface area (Å²) in [6, 6.07) is 6.58. The van der Waals surface area contributed by atoms with Crippen molar-refractivity contribution in [2.75, 3.05) is 27.0 Å². The van der Waals surface area contributed by atoms with E-state index in [1.54, 1.807) is 38.5 Å². The third-order valence-electron chi connectivity index (χ3n) is 5.90. The van der Waals surface area contributed by atoms with Crippen molar-refractivity contribution in [3.05, 3.63) is 29.8 Å². The molecule has 0 radical (unpaired) electrons. The maximum absolute atomic E-state index is 12.9. The standard InChI is InChI=1S/C19H27NO5S/c1-24-15-8-9-19(25-2)10-11-20(17(19)13-15)18(21)12-14-4-6-16(7-5-14)26(3,22)23/h4-7,15,17H,8-13H2,1-3H3/t15-,17+,19-/m1/s1. The first-order valence-electron chi connectivity index (χ1n) is 8.95. The van der Waals surface area contributed by atoms with E-state index in [4.69, 9.17) is 9.47 Å². The van der Waals surface area contributed by atoms with Gasteiger partial charge in [-0.15, -0.1) is 0 Å². The van der Waals surface area contributed by atoms with Crippen LogP contribution in [-0.2, 0) is 30.5 Å². The number of sulfone groups is 1. The van der Waals surface area contributed by atoms with Crippen molar-refractivity contribution < 1.29 is 22.7 Å². The summed E-state index contributed by atoms with van der Waals surface area (Å²) in [5.74, 6) is 0.0535. The van der Waals surface area contributed by atoms with Crippen LogP contribution in [0.1, 0.15) is 31.2 Å². The highest BCUT2D eigenvalue weighted by molar-refractivity contribution is 7.90. The zero-order valence-electron chi connectivity index (χ0n) is 15.6. The average Bonchev–Trinajstić information content (AvgIpc) is 3.00. The fourth-order valence-electron chi connectivity index (χ4n) is 4.31. The van der Waals surface area contributed by atoms with Gasteiger partial charge in [-0.25, -0.2) is 8.42 Å². The third-order valence-corrected chi connectivity index (χ3v) is 7.03. The van der Waals surface area contributed by atoms with Crippen molar-refractivity contribution in [2.24, 2.45) is 0 Å². The topological polar surface area (TPSA) is 72.9 Å². The van der Waals surface area contributed by atoms with Crippen LogP contribution in [-0.4, -0.2) is 64.0 Å². The predicted octanol–water partition coefficient (Wildman–Crippen LogP) is 1.82. The molecule has 1 heterocycles. The molecule has 1 aliphatic heterocycles. The van der Waals surface area contributed by atoms with Crippen molar-refractivity contribution in [3.63, 3.8) is 0 Å². The maximum Gasteiger partial charge on any atom is 0.227 e. The van der Waals surface area contributed by atoms with E-state index < -0.39 is 9.84 Å². The van der Waals surface area contributed by atoms with Crippen LogP contribution in [0.2, 0.25) is 0 Å². The lowest BCUT2D eigenvalue weighted by Crippen LogP contribution is -2.53. The Kier molecular flexibility index (Phi) is 5.42. The van der Waals surface area contributed by atoms with Crippen molar-refractivity contribution in [1.29, 1.82) is 0 Å². The summed E-state index contributed by atoms with van der Waals surface area (Å²) in [6.45, 7) is 0.690. The number of hydrogen-bond donors (Lipinski definition) is 0. The Morgan fingerprint density at radius 2 is 1.92 bits per heavy atom. The molecule has 0 N–H and O–H groups in total. The van der Waals surface area contributed by atoms with Gasteiger partial charge >= 0.3 is 0 Å². The van der Waals surface area contributed by atoms with Crippen molar-refractivity contribution >= 4 is 15.7 Å². The minimum atomic E-state index is -3.23. The Morgan fingerprint density at radius 3 is 2.50 bits per heavy atom. The number of ether oxygens (including phenoxy) is 2. The van der Waals surface area contributed by atoms with Crippen LogP contribution in [0.3, 0.4) is 0 Å². The summed E-state index contributed by atoms with van der Waals surface area (Å²) in [5.41, 5.74) is 0.557. The van der Waals surface area contributed by atoms with E-state index in [9.17, 15) is 13.2 Å². The van der Waals surface area contributed by atoms with E-state index >= 15 is 0 Å². The summed E-state index contributed by atoms with van der Waals surface area (Å²) < 4.78 is 34.5. The highest BCUT2D eigenvalue weighted by Crippen LogP contribution is 2.43. The number of fused-ring (bicyclic) bond motifs is 1. The summed E-state index contributed by atoms with van der Waals surface area (Å²) in [5, 5.41) is 0. The van der Waals surface area contributed by atoms with Gasteiger partial charge in [0.25, 0.3) is 0 Å². The number of hydrogen-bond acceptors (Lipinski definition) is 5. The molecule has 6 nitrogen and oxygen atoms in total. The minimum Gasteiger partial charge on any atom is -0.381 e. The second kappa shape index (κ2) is 7.29. The summed E-state index contributed by atoms with van der Waals surface area (Å²) in [7, 11) is 0.225. The Hall–Kier alpha value is -1.44. The first kappa shape index (κ1) is 19.3. The number of likely N-dealkylation sites (tertiary alicyclic amines) is 1. The summed E-state index contributed by atoms with van der Waals surface area (Å²) >= 11 is 0. The summed E-state index contributed by atoms with van der Waals surface area (Å²) in [6.07, 6.45) is 5.10. The van der Waals surface area contributed by atoms with Crippen LogP contribution >= 0.6 is 0 Å². The zero-order chi connectivity index (χ0) is 18.9. The Balaban J connectivity index is 1.73. The molecule has 1 aromatic carbocycles. The first-order chi connectivity index (χ1) is 12.3. The van der Waals surface area contributed by atoms with Crippen LogP contribution in [0.25, 0.3) is 0 Å². The molecule has 0 spiro atoms. The minimum absolute atomic E-state index is 0.0361. The monoisotopic (exact) mass is 381 g/mol. The number of carbonyl (C=O) groups excluding carboxylic acids is 1. The lowest BCUT2D eigenvalue weighted by atomic mass is 9.79. The molecule has 0 unspecified atom stereocenters. The fraction of sp³-hybridized carbons (Fsp3) is 0.632. The number of amides is 1. The van der Waals surface area contributed by atoms with E-state index in [0.29, 0.717) is 6.54 Å². The van der Waals surface area contributed by atoms with Crippen LogP contribution in [0.5, 0.6) is 0 Å². The Morgan fingerprint density at radius 1 is 1.23 bits per heavy atom. The molecule has 3 atom stereocenters. The van der Waals surface area contributed by atoms with Gasteiger partial charge in [0.1, 0.15) is 0 Å². The van der Waals surface area contributed by atoms with Gasteiger partial charge in [0.15, 0.2) is 9.84 Å². The van der Waals surface area contributed by atoms with E-state index in [1.165, 1.54) is 6.26 Å². The highest BCUT2D eigenvalue weighted by atomic mass is 32.2. The molecular weight excluding hydrogens is 354 g/mol. The van der Waals surface area contributed by atoms with Gasteiger partial charge in [-0.2, -0.15) is 0 Å². The Bertz CT molecular complexity index is 761. The molecule has 7 heteroatoms. The fourth-order valence-corrected chi connectivity index (χ4v) is 4.94. The molecule has 2 aliphatic rings. The smallest absolute Gasteiger partial charge is 0.227 e. The van der Waals surface area contributed by atoms with E-state index in [-0.39, 0.29) is 35.0 Å². The van der Waals surface area contributed by atoms with E-state index in [1.807, 2.05) is 4.90 Å². The van der Waals surface area contributed by atoms with Gasteiger partial charge in [0.05, 0.1) is 29.1 Å². The zero-order valence-corrected chi connectivity index (χ0v) is 16.4. The molecule has 1 saturated carbocycles. The second-order valence-corrected chi connectivity index (χ2v) is 9.36. The quantitative estimate of drug-likeness (QED) is 0.778. The van der Waals surface area contributed by atoms with Crippen LogP contribution in [0, 0.1) is 0 Å². The van der Waals surface area contributed by atoms with Crippen LogP contribution in [0.15, 0.2) is 29.2 Å². The Labute approximate surface area is 155 Å². The molecule has 1 aromatic rings. The molecule has 2 fully saturated rings. The van der Waals surface area contributed by atoms with Gasteiger partial charge in [-0.05, 0) is 43.4 Å². The third kappa shape index (κ3) is 3.66. The predicted molar refractivity (Wildman–Crippen MR) is 97.8 cm³/mol. The van der Waals surface area contributed by atoms with Gasteiger partial charge in [0, 0.05) is 27.0 Å². The number of carbonyl (C=O) groups is 1. The van der Waals surface area contributed by atoms with Crippen LogP contribution in [0.4, 0.5) is 0 Å². The molecule has 1 saturated heterocycles.